The average molecular weight is 349 g/mol. The van der Waals surface area contributed by atoms with E-state index in [4.69, 9.17) is 5.73 Å². The molecule has 2 atom stereocenters. The number of aromatic amines is 1. The molecule has 24 heavy (non-hydrogen) atoms. The first-order valence-electron chi connectivity index (χ1n) is 8.63. The first-order chi connectivity index (χ1) is 11.6. The van der Waals surface area contributed by atoms with Crippen molar-refractivity contribution in [1.29, 1.82) is 0 Å². The van der Waals surface area contributed by atoms with Crippen molar-refractivity contribution >= 4 is 21.2 Å². The third kappa shape index (κ3) is 2.82. The molecule has 2 heterocycles. The molecule has 0 spiro atoms. The highest BCUT2D eigenvalue weighted by Crippen LogP contribution is 2.36. The summed E-state index contributed by atoms with van der Waals surface area (Å²) in [4.78, 5) is 11.5. The summed E-state index contributed by atoms with van der Waals surface area (Å²) in [6.07, 6.45) is 10.6. The molecule has 2 aromatic heterocycles. The second-order valence-electron chi connectivity index (χ2n) is 6.94. The Kier molecular flexibility index (Phi) is 4.06. The van der Waals surface area contributed by atoms with Gasteiger partial charge in [-0.15, -0.1) is 0 Å². The number of rotatable bonds is 5. The highest BCUT2D eigenvalue weighted by atomic mass is 32.2. The number of sulfonamides is 1. The molecule has 0 radical (unpaired) electrons. The Morgan fingerprint density at radius 2 is 1.92 bits per heavy atom. The molecule has 2 aromatic rings. The minimum absolute atomic E-state index is 0.0939. The van der Waals surface area contributed by atoms with Gasteiger partial charge in [-0.1, -0.05) is 12.8 Å². The van der Waals surface area contributed by atoms with E-state index in [0.29, 0.717) is 23.6 Å². The van der Waals surface area contributed by atoms with Crippen LogP contribution in [0, 0.1) is 5.92 Å². The largest absolute Gasteiger partial charge is 0.343 e. The van der Waals surface area contributed by atoms with E-state index < -0.39 is 10.0 Å². The predicted octanol–water partition coefficient (Wildman–Crippen LogP) is 1.63. The third-order valence-corrected chi connectivity index (χ3v) is 7.05. The van der Waals surface area contributed by atoms with Crippen LogP contribution in [0.2, 0.25) is 0 Å². The number of aromatic nitrogens is 3. The number of hydrogen-bond donors (Lipinski definition) is 2. The Hall–Kier alpha value is -1.51. The second-order valence-corrected chi connectivity index (χ2v) is 8.80. The summed E-state index contributed by atoms with van der Waals surface area (Å²) in [5, 5.41) is 0. The molecule has 3 N–H and O–H groups in total. The molecule has 130 valence electrons. The quantitative estimate of drug-likeness (QED) is 0.853. The van der Waals surface area contributed by atoms with Crippen molar-refractivity contribution in [1.82, 2.24) is 19.3 Å². The first kappa shape index (κ1) is 16.0. The van der Waals surface area contributed by atoms with Gasteiger partial charge in [-0.05, 0) is 31.6 Å². The van der Waals surface area contributed by atoms with Crippen molar-refractivity contribution in [2.24, 2.45) is 11.7 Å². The zero-order chi connectivity index (χ0) is 16.7. The van der Waals surface area contributed by atoms with Gasteiger partial charge in [-0.3, -0.25) is 0 Å². The average Bonchev–Trinajstić information content (AvgIpc) is 3.29. The van der Waals surface area contributed by atoms with Crippen LogP contribution in [0.25, 0.3) is 11.2 Å². The number of H-pyrrole nitrogens is 1. The molecule has 2 aliphatic rings. The second kappa shape index (κ2) is 6.09. The SMILES string of the molecule is NC1CCCCC1N(CC1CC1)S(=O)(=O)c1c[nH]c2nccnc12. The summed E-state index contributed by atoms with van der Waals surface area (Å²) >= 11 is 0. The smallest absolute Gasteiger partial charge is 0.247 e. The first-order valence-corrected chi connectivity index (χ1v) is 10.1. The summed E-state index contributed by atoms with van der Waals surface area (Å²) in [6.45, 7) is 0.563. The number of fused-ring (bicyclic) bond motifs is 1. The summed E-state index contributed by atoms with van der Waals surface area (Å²) in [5.74, 6) is 0.463. The summed E-state index contributed by atoms with van der Waals surface area (Å²) < 4.78 is 28.5. The molecule has 0 aliphatic heterocycles. The fraction of sp³-hybridized carbons (Fsp3) is 0.625. The van der Waals surface area contributed by atoms with E-state index in [9.17, 15) is 8.42 Å². The van der Waals surface area contributed by atoms with Crippen LogP contribution in [0.4, 0.5) is 0 Å². The van der Waals surface area contributed by atoms with E-state index in [-0.39, 0.29) is 17.0 Å². The molecular weight excluding hydrogens is 326 g/mol. The molecule has 2 aliphatic carbocycles. The number of nitrogens with zero attached hydrogens (tertiary/aromatic N) is 3. The molecule has 2 unspecified atom stereocenters. The fourth-order valence-corrected chi connectivity index (χ4v) is 5.49. The van der Waals surface area contributed by atoms with Crippen LogP contribution in [0.3, 0.4) is 0 Å². The maximum absolute atomic E-state index is 13.4. The topological polar surface area (TPSA) is 105 Å². The highest BCUT2D eigenvalue weighted by molar-refractivity contribution is 7.89. The van der Waals surface area contributed by atoms with E-state index >= 15 is 0 Å². The Bertz CT molecular complexity index is 830. The Morgan fingerprint density at radius 3 is 2.67 bits per heavy atom. The van der Waals surface area contributed by atoms with Crippen molar-refractivity contribution in [2.75, 3.05) is 6.54 Å². The van der Waals surface area contributed by atoms with Gasteiger partial charge >= 0.3 is 0 Å². The Labute approximate surface area is 141 Å². The normalized spacial score (nSPS) is 25.4. The van der Waals surface area contributed by atoms with Crippen molar-refractivity contribution < 1.29 is 8.42 Å². The van der Waals surface area contributed by atoms with Crippen LogP contribution in [0.15, 0.2) is 23.5 Å². The van der Waals surface area contributed by atoms with Gasteiger partial charge in [0.2, 0.25) is 10.0 Å². The van der Waals surface area contributed by atoms with Crippen LogP contribution < -0.4 is 5.73 Å². The van der Waals surface area contributed by atoms with Crippen molar-refractivity contribution in [3.63, 3.8) is 0 Å². The summed E-state index contributed by atoms with van der Waals surface area (Å²) in [5.41, 5.74) is 7.20. The van der Waals surface area contributed by atoms with Gasteiger partial charge < -0.3 is 10.7 Å². The molecule has 0 bridgehead atoms. The monoisotopic (exact) mass is 349 g/mol. The van der Waals surface area contributed by atoms with Crippen molar-refractivity contribution in [3.8, 4) is 0 Å². The van der Waals surface area contributed by atoms with E-state index in [1.54, 1.807) is 10.5 Å². The minimum atomic E-state index is -3.65. The summed E-state index contributed by atoms with van der Waals surface area (Å²) in [7, 11) is -3.65. The third-order valence-electron chi connectivity index (χ3n) is 5.14. The fourth-order valence-electron chi connectivity index (χ4n) is 3.61. The minimum Gasteiger partial charge on any atom is -0.343 e. The molecule has 7 nitrogen and oxygen atoms in total. The van der Waals surface area contributed by atoms with Gasteiger partial charge in [0.25, 0.3) is 0 Å². The van der Waals surface area contributed by atoms with Gasteiger partial charge in [0.05, 0.1) is 0 Å². The molecule has 0 aromatic carbocycles. The van der Waals surface area contributed by atoms with E-state index in [0.717, 1.165) is 38.5 Å². The van der Waals surface area contributed by atoms with E-state index in [1.807, 2.05) is 0 Å². The zero-order valence-electron chi connectivity index (χ0n) is 13.6. The number of nitrogens with one attached hydrogen (secondary N) is 1. The Morgan fingerprint density at radius 1 is 1.17 bits per heavy atom. The lowest BCUT2D eigenvalue weighted by Gasteiger charge is -2.37. The van der Waals surface area contributed by atoms with Crippen LogP contribution in [-0.4, -0.2) is 46.3 Å². The zero-order valence-corrected chi connectivity index (χ0v) is 14.4. The van der Waals surface area contributed by atoms with E-state index in [1.165, 1.54) is 12.4 Å². The molecule has 0 amide bonds. The van der Waals surface area contributed by atoms with Crippen LogP contribution >= 0.6 is 0 Å². The molecule has 2 saturated carbocycles. The molecule has 0 saturated heterocycles. The van der Waals surface area contributed by atoms with Gasteiger partial charge in [0.1, 0.15) is 10.4 Å². The molecule has 2 fully saturated rings. The standard InChI is InChI=1S/C16H23N5O2S/c17-12-3-1-2-4-13(12)21(10-11-5-6-11)24(22,23)14-9-20-16-15(14)18-7-8-19-16/h7-9,11-13H,1-6,10,17H2,(H,19,20). The molecule has 8 heteroatoms. The van der Waals surface area contributed by atoms with Crippen LogP contribution in [-0.2, 0) is 10.0 Å². The number of nitrogens with two attached hydrogens (primary N) is 1. The van der Waals surface area contributed by atoms with Gasteiger partial charge in [-0.25, -0.2) is 18.4 Å². The summed E-state index contributed by atoms with van der Waals surface area (Å²) in [6, 6.07) is -0.213. The number of hydrogen-bond acceptors (Lipinski definition) is 5. The molecule has 4 rings (SSSR count). The van der Waals surface area contributed by atoms with Crippen LogP contribution in [0.5, 0.6) is 0 Å². The lowest BCUT2D eigenvalue weighted by atomic mass is 9.91. The maximum Gasteiger partial charge on any atom is 0.247 e. The van der Waals surface area contributed by atoms with E-state index in [2.05, 4.69) is 15.0 Å². The van der Waals surface area contributed by atoms with Gasteiger partial charge in [0, 0.05) is 37.2 Å². The van der Waals surface area contributed by atoms with Crippen molar-refractivity contribution in [3.05, 3.63) is 18.6 Å². The maximum atomic E-state index is 13.4. The van der Waals surface area contributed by atoms with Crippen molar-refractivity contribution in [2.45, 2.75) is 55.5 Å². The highest BCUT2D eigenvalue weighted by Gasteiger charge is 2.40. The molecular formula is C16H23N5O2S. The Balaban J connectivity index is 1.75. The lowest BCUT2D eigenvalue weighted by Crippen LogP contribution is -2.52. The van der Waals surface area contributed by atoms with Crippen LogP contribution in [0.1, 0.15) is 38.5 Å². The van der Waals surface area contributed by atoms with Gasteiger partial charge in [-0.2, -0.15) is 4.31 Å². The van der Waals surface area contributed by atoms with Gasteiger partial charge in [0.15, 0.2) is 5.65 Å². The lowest BCUT2D eigenvalue weighted by molar-refractivity contribution is 0.219. The predicted molar refractivity (Wildman–Crippen MR) is 90.7 cm³/mol.